The number of imidazole rings is 1. The number of benzene rings is 2. The summed E-state index contributed by atoms with van der Waals surface area (Å²) in [6.07, 6.45) is -0.452. The topological polar surface area (TPSA) is 87.7 Å². The molecule has 0 spiro atoms. The molecule has 2 heterocycles. The molecule has 7 heteroatoms. The fourth-order valence-electron chi connectivity index (χ4n) is 2.97. The molecular formula is C18H17N3O4. The summed E-state index contributed by atoms with van der Waals surface area (Å²) in [4.78, 5) is 21.3. The molecule has 0 bridgehead atoms. The molecule has 1 aromatic heterocycles. The van der Waals surface area contributed by atoms with Crippen LogP contribution in [0.4, 0.5) is 10.5 Å². The third kappa shape index (κ3) is 2.68. The second kappa shape index (κ2) is 6.10. The Morgan fingerprint density at radius 2 is 2.12 bits per heavy atom. The van der Waals surface area contributed by atoms with E-state index in [1.165, 1.54) is 4.90 Å². The number of H-pyrrole nitrogens is 1. The van der Waals surface area contributed by atoms with Crippen molar-refractivity contribution < 1.29 is 19.4 Å². The number of ether oxygens (including phenoxy) is 2. The van der Waals surface area contributed by atoms with Crippen LogP contribution in [0, 0.1) is 0 Å². The average molecular weight is 339 g/mol. The molecule has 2 aromatic carbocycles. The highest BCUT2D eigenvalue weighted by molar-refractivity contribution is 5.94. The predicted molar refractivity (Wildman–Crippen MR) is 92.7 cm³/mol. The van der Waals surface area contributed by atoms with Gasteiger partial charge >= 0.3 is 6.09 Å². The van der Waals surface area contributed by atoms with Crippen LogP contribution in [0.15, 0.2) is 36.4 Å². The number of aromatic nitrogens is 2. The summed E-state index contributed by atoms with van der Waals surface area (Å²) < 4.78 is 10.3. The van der Waals surface area contributed by atoms with Crippen LogP contribution in [-0.4, -0.2) is 41.4 Å². The monoisotopic (exact) mass is 339 g/mol. The number of aliphatic hydroxyl groups excluding tert-OH is 1. The molecule has 7 nitrogen and oxygen atoms in total. The molecule has 0 unspecified atom stereocenters. The van der Waals surface area contributed by atoms with Crippen LogP contribution in [-0.2, 0) is 11.3 Å². The smallest absolute Gasteiger partial charge is 0.414 e. The molecule has 25 heavy (non-hydrogen) atoms. The Bertz CT molecular complexity index is 933. The summed E-state index contributed by atoms with van der Waals surface area (Å²) >= 11 is 0. The van der Waals surface area contributed by atoms with E-state index in [0.29, 0.717) is 0 Å². The lowest BCUT2D eigenvalue weighted by molar-refractivity contribution is 0.140. The van der Waals surface area contributed by atoms with Crippen molar-refractivity contribution in [1.29, 1.82) is 0 Å². The summed E-state index contributed by atoms with van der Waals surface area (Å²) in [5.74, 6) is 1.52. The van der Waals surface area contributed by atoms with Gasteiger partial charge in [0.1, 0.15) is 18.2 Å². The molecular weight excluding hydrogens is 322 g/mol. The van der Waals surface area contributed by atoms with Crippen molar-refractivity contribution in [1.82, 2.24) is 9.97 Å². The Kier molecular flexibility index (Phi) is 3.77. The van der Waals surface area contributed by atoms with Gasteiger partial charge in [0.15, 0.2) is 0 Å². The number of amides is 1. The van der Waals surface area contributed by atoms with Gasteiger partial charge in [0.05, 0.1) is 37.0 Å². The van der Waals surface area contributed by atoms with Crippen LogP contribution < -0.4 is 9.64 Å². The number of methoxy groups -OCH3 is 1. The van der Waals surface area contributed by atoms with E-state index in [9.17, 15) is 9.90 Å². The Morgan fingerprint density at radius 3 is 2.84 bits per heavy atom. The Labute approximate surface area is 143 Å². The van der Waals surface area contributed by atoms with Crippen molar-refractivity contribution in [2.45, 2.75) is 6.61 Å². The fourth-order valence-corrected chi connectivity index (χ4v) is 2.97. The van der Waals surface area contributed by atoms with Gasteiger partial charge in [-0.05, 0) is 36.4 Å². The van der Waals surface area contributed by atoms with Crippen LogP contribution in [0.2, 0.25) is 0 Å². The van der Waals surface area contributed by atoms with Gasteiger partial charge in [0, 0.05) is 11.1 Å². The molecule has 1 aliphatic rings. The van der Waals surface area contributed by atoms with E-state index >= 15 is 0 Å². The number of anilines is 1. The van der Waals surface area contributed by atoms with Crippen molar-refractivity contribution in [3.05, 3.63) is 42.0 Å². The number of fused-ring (bicyclic) bond motifs is 2. The zero-order valence-corrected chi connectivity index (χ0v) is 13.7. The summed E-state index contributed by atoms with van der Waals surface area (Å²) in [6, 6.07) is 11.4. The third-order valence-corrected chi connectivity index (χ3v) is 4.23. The molecule has 0 aliphatic carbocycles. The van der Waals surface area contributed by atoms with Crippen LogP contribution in [0.5, 0.6) is 5.75 Å². The van der Waals surface area contributed by atoms with Crippen LogP contribution in [0.25, 0.3) is 22.4 Å². The van der Waals surface area contributed by atoms with Gasteiger partial charge in [-0.1, -0.05) is 0 Å². The van der Waals surface area contributed by atoms with Gasteiger partial charge in [-0.25, -0.2) is 9.78 Å². The van der Waals surface area contributed by atoms with E-state index in [0.717, 1.165) is 39.4 Å². The molecule has 2 N–H and O–H groups in total. The number of β-amino-alcohol motifs (C(OH)–C–C–N with tert-alkyl or cyclic N) is 1. The number of nitrogens with zero attached hydrogens (tertiary/aromatic N) is 2. The first-order valence-electron chi connectivity index (χ1n) is 7.92. The van der Waals surface area contributed by atoms with Crippen molar-refractivity contribution in [3.63, 3.8) is 0 Å². The third-order valence-electron chi connectivity index (χ3n) is 4.23. The molecule has 0 fully saturated rings. The van der Waals surface area contributed by atoms with Crippen molar-refractivity contribution in [3.8, 4) is 17.1 Å². The lowest BCUT2D eigenvalue weighted by atomic mass is 10.1. The second-order valence-corrected chi connectivity index (χ2v) is 5.74. The molecule has 0 radical (unpaired) electrons. The number of nitrogens with one attached hydrogen (secondary N) is 1. The average Bonchev–Trinajstić information content (AvgIpc) is 3.05. The van der Waals surface area contributed by atoms with E-state index in [4.69, 9.17) is 9.47 Å². The van der Waals surface area contributed by atoms with E-state index in [1.54, 1.807) is 7.11 Å². The van der Waals surface area contributed by atoms with E-state index in [-0.39, 0.29) is 19.8 Å². The minimum absolute atomic E-state index is 0.135. The SMILES string of the molecule is COc1ccc(-c2nc3cc4c(cc3[nH]2)COC(=O)N4CCO)cc1. The zero-order chi connectivity index (χ0) is 17.4. The lowest BCUT2D eigenvalue weighted by Crippen LogP contribution is -2.37. The quantitative estimate of drug-likeness (QED) is 0.763. The zero-order valence-electron chi connectivity index (χ0n) is 13.7. The minimum atomic E-state index is -0.452. The largest absolute Gasteiger partial charge is 0.497 e. The van der Waals surface area contributed by atoms with Gasteiger partial charge in [-0.2, -0.15) is 0 Å². The standard InChI is InChI=1S/C18H17N3O4/c1-24-13-4-2-11(3-5-13)17-19-14-8-12-10-25-18(23)21(6-7-22)16(12)9-15(14)20-17/h2-5,8-9,22H,6-7,10H2,1H3,(H,19,20). The maximum atomic E-state index is 11.9. The van der Waals surface area contributed by atoms with Crippen molar-refractivity contribution >= 4 is 22.8 Å². The molecule has 0 atom stereocenters. The normalized spacial score (nSPS) is 13.7. The molecule has 0 saturated carbocycles. The van der Waals surface area contributed by atoms with Crippen molar-refractivity contribution in [2.24, 2.45) is 0 Å². The van der Waals surface area contributed by atoms with Crippen LogP contribution in [0.3, 0.4) is 0 Å². The molecule has 128 valence electrons. The molecule has 0 saturated heterocycles. The fraction of sp³-hybridized carbons (Fsp3) is 0.222. The number of aliphatic hydroxyl groups is 1. The molecule has 4 rings (SSSR count). The Balaban J connectivity index is 1.77. The summed E-state index contributed by atoms with van der Waals surface area (Å²) in [5, 5.41) is 9.19. The summed E-state index contributed by atoms with van der Waals surface area (Å²) in [7, 11) is 1.63. The molecule has 1 aliphatic heterocycles. The Morgan fingerprint density at radius 1 is 1.32 bits per heavy atom. The van der Waals surface area contributed by atoms with Crippen molar-refractivity contribution in [2.75, 3.05) is 25.2 Å². The second-order valence-electron chi connectivity index (χ2n) is 5.74. The summed E-state index contributed by atoms with van der Waals surface area (Å²) in [6.45, 7) is 0.264. The van der Waals surface area contributed by atoms with Gasteiger partial charge < -0.3 is 19.6 Å². The van der Waals surface area contributed by atoms with Gasteiger partial charge in [-0.15, -0.1) is 0 Å². The first-order chi connectivity index (χ1) is 12.2. The number of carbonyl (C=O) groups is 1. The maximum Gasteiger partial charge on any atom is 0.414 e. The maximum absolute atomic E-state index is 11.9. The number of aromatic amines is 1. The Hall–Kier alpha value is -3.06. The minimum Gasteiger partial charge on any atom is -0.497 e. The highest BCUT2D eigenvalue weighted by Gasteiger charge is 2.26. The molecule has 3 aromatic rings. The highest BCUT2D eigenvalue weighted by atomic mass is 16.6. The van der Waals surface area contributed by atoms with Crippen LogP contribution >= 0.6 is 0 Å². The van der Waals surface area contributed by atoms with Gasteiger partial charge in [0.2, 0.25) is 0 Å². The van der Waals surface area contributed by atoms with E-state index in [2.05, 4.69) is 9.97 Å². The number of cyclic esters (lactones) is 1. The first-order valence-corrected chi connectivity index (χ1v) is 7.92. The first kappa shape index (κ1) is 15.5. The highest BCUT2D eigenvalue weighted by Crippen LogP contribution is 2.32. The van der Waals surface area contributed by atoms with E-state index in [1.807, 2.05) is 36.4 Å². The van der Waals surface area contributed by atoms with Crippen LogP contribution in [0.1, 0.15) is 5.56 Å². The summed E-state index contributed by atoms with van der Waals surface area (Å²) in [5.41, 5.74) is 4.17. The number of rotatable bonds is 4. The number of carbonyl (C=O) groups excluding carboxylic acids is 1. The van der Waals surface area contributed by atoms with Gasteiger partial charge in [0.25, 0.3) is 0 Å². The lowest BCUT2D eigenvalue weighted by Gasteiger charge is -2.28. The van der Waals surface area contributed by atoms with Gasteiger partial charge in [-0.3, -0.25) is 4.90 Å². The number of hydrogen-bond donors (Lipinski definition) is 2. The molecule has 1 amide bonds. The van der Waals surface area contributed by atoms with E-state index < -0.39 is 6.09 Å². The predicted octanol–water partition coefficient (Wildman–Crippen LogP) is 2.69. The number of hydrogen-bond acceptors (Lipinski definition) is 5.